The van der Waals surface area contributed by atoms with E-state index in [4.69, 9.17) is 37.4 Å². The minimum absolute atomic E-state index is 0.00224. The Morgan fingerprint density at radius 2 is 1.56 bits per heavy atom. The molecule has 2 aromatic carbocycles. The molecule has 2 aromatic rings. The van der Waals surface area contributed by atoms with Crippen LogP contribution >= 0.6 is 23.2 Å². The summed E-state index contributed by atoms with van der Waals surface area (Å²) < 4.78 is 44.2. The summed E-state index contributed by atoms with van der Waals surface area (Å²) in [5.41, 5.74) is 0.322. The van der Waals surface area contributed by atoms with Gasteiger partial charge in [0.1, 0.15) is 17.2 Å². The first-order valence-corrected chi connectivity index (χ1v) is 13.0. The van der Waals surface area contributed by atoms with Crippen LogP contribution in [0.5, 0.6) is 17.2 Å². The Bertz CT molecular complexity index is 1140. The van der Waals surface area contributed by atoms with E-state index in [1.165, 1.54) is 56.0 Å². The van der Waals surface area contributed by atoms with Gasteiger partial charge < -0.3 is 19.5 Å². The van der Waals surface area contributed by atoms with Crippen molar-refractivity contribution in [2.24, 2.45) is 0 Å². The summed E-state index contributed by atoms with van der Waals surface area (Å²) in [7, 11) is 0.337. The SMILES string of the molecule is COc1ccc(S(=O)(=O)N(CC(=O)Nc2cc(OC)c(Cl)cc2OC)C2CCCCC2)cc1Cl. The molecule has 8 nitrogen and oxygen atoms in total. The molecule has 1 N–H and O–H groups in total. The first-order valence-electron chi connectivity index (χ1n) is 10.8. The lowest BCUT2D eigenvalue weighted by Crippen LogP contribution is -2.45. The molecule has 11 heteroatoms. The third-order valence-corrected chi connectivity index (χ3v) is 8.24. The summed E-state index contributed by atoms with van der Waals surface area (Å²) in [4.78, 5) is 13.1. The van der Waals surface area contributed by atoms with Gasteiger partial charge in [-0.3, -0.25) is 4.79 Å². The lowest BCUT2D eigenvalue weighted by atomic mass is 9.95. The number of carbonyl (C=O) groups excluding carboxylic acids is 1. The Kier molecular flexibility index (Phi) is 8.92. The second-order valence-electron chi connectivity index (χ2n) is 7.87. The molecule has 0 bridgehead atoms. The molecule has 0 unspecified atom stereocenters. The van der Waals surface area contributed by atoms with E-state index in [2.05, 4.69) is 5.32 Å². The zero-order valence-corrected chi connectivity index (χ0v) is 21.6. The van der Waals surface area contributed by atoms with Gasteiger partial charge in [0.25, 0.3) is 0 Å². The molecule has 1 aliphatic carbocycles. The van der Waals surface area contributed by atoms with Gasteiger partial charge in [-0.15, -0.1) is 0 Å². The van der Waals surface area contributed by atoms with Crippen LogP contribution < -0.4 is 19.5 Å². The number of hydrogen-bond acceptors (Lipinski definition) is 6. The van der Waals surface area contributed by atoms with Crippen LogP contribution in [0.25, 0.3) is 0 Å². The first kappa shape index (κ1) is 26.4. The molecule has 0 spiro atoms. The Balaban J connectivity index is 1.91. The van der Waals surface area contributed by atoms with Gasteiger partial charge in [0, 0.05) is 18.2 Å². The molecular weight excluding hydrogens is 503 g/mol. The van der Waals surface area contributed by atoms with Crippen molar-refractivity contribution in [3.05, 3.63) is 40.4 Å². The van der Waals surface area contributed by atoms with Crippen molar-refractivity contribution < 1.29 is 27.4 Å². The lowest BCUT2D eigenvalue weighted by Gasteiger charge is -2.33. The van der Waals surface area contributed by atoms with E-state index in [0.717, 1.165) is 19.3 Å². The van der Waals surface area contributed by atoms with Gasteiger partial charge in [-0.25, -0.2) is 8.42 Å². The maximum atomic E-state index is 13.6. The van der Waals surface area contributed by atoms with E-state index in [-0.39, 0.29) is 22.5 Å². The van der Waals surface area contributed by atoms with E-state index < -0.39 is 15.9 Å². The smallest absolute Gasteiger partial charge is 0.243 e. The number of methoxy groups -OCH3 is 3. The molecule has 0 aliphatic heterocycles. The van der Waals surface area contributed by atoms with Crippen LogP contribution in [0, 0.1) is 0 Å². The topological polar surface area (TPSA) is 94.2 Å². The number of rotatable bonds is 9. The molecule has 1 saturated carbocycles. The predicted octanol–water partition coefficient (Wildman–Crippen LogP) is 4.98. The number of carbonyl (C=O) groups is 1. The van der Waals surface area contributed by atoms with Crippen LogP contribution in [0.15, 0.2) is 35.2 Å². The molecule has 3 rings (SSSR count). The lowest BCUT2D eigenvalue weighted by molar-refractivity contribution is -0.116. The largest absolute Gasteiger partial charge is 0.495 e. The Morgan fingerprint density at radius 3 is 2.15 bits per heavy atom. The highest BCUT2D eigenvalue weighted by molar-refractivity contribution is 7.89. The Hall–Kier alpha value is -2.20. The maximum absolute atomic E-state index is 13.6. The van der Waals surface area contributed by atoms with Crippen molar-refractivity contribution in [1.82, 2.24) is 4.31 Å². The van der Waals surface area contributed by atoms with Crippen LogP contribution in [0.4, 0.5) is 5.69 Å². The number of amides is 1. The van der Waals surface area contributed by atoms with E-state index in [9.17, 15) is 13.2 Å². The predicted molar refractivity (Wildman–Crippen MR) is 132 cm³/mol. The van der Waals surface area contributed by atoms with Crippen molar-refractivity contribution in [3.8, 4) is 17.2 Å². The molecule has 34 heavy (non-hydrogen) atoms. The molecule has 0 atom stereocenters. The van der Waals surface area contributed by atoms with Gasteiger partial charge >= 0.3 is 0 Å². The van der Waals surface area contributed by atoms with Gasteiger partial charge in [0.2, 0.25) is 15.9 Å². The van der Waals surface area contributed by atoms with Crippen LogP contribution in [0.1, 0.15) is 32.1 Å². The van der Waals surface area contributed by atoms with E-state index in [0.29, 0.717) is 40.8 Å². The van der Waals surface area contributed by atoms with Gasteiger partial charge in [-0.05, 0) is 31.0 Å². The Labute approximate surface area is 210 Å². The van der Waals surface area contributed by atoms with Crippen LogP contribution in [0.3, 0.4) is 0 Å². The molecule has 1 amide bonds. The second-order valence-corrected chi connectivity index (χ2v) is 10.6. The van der Waals surface area contributed by atoms with Gasteiger partial charge in [-0.1, -0.05) is 42.5 Å². The normalized spacial score (nSPS) is 14.6. The van der Waals surface area contributed by atoms with Crippen molar-refractivity contribution in [2.45, 2.75) is 43.0 Å². The summed E-state index contributed by atoms with van der Waals surface area (Å²) in [5.74, 6) is 0.526. The van der Waals surface area contributed by atoms with E-state index >= 15 is 0 Å². The van der Waals surface area contributed by atoms with Crippen LogP contribution in [-0.4, -0.2) is 52.5 Å². The monoisotopic (exact) mass is 530 g/mol. The number of nitrogens with zero attached hydrogens (tertiary/aromatic N) is 1. The summed E-state index contributed by atoms with van der Waals surface area (Å²) in [5, 5.41) is 3.23. The quantitative estimate of drug-likeness (QED) is 0.491. The minimum atomic E-state index is -4.02. The zero-order valence-electron chi connectivity index (χ0n) is 19.3. The maximum Gasteiger partial charge on any atom is 0.243 e. The average Bonchev–Trinajstić information content (AvgIpc) is 2.83. The second kappa shape index (κ2) is 11.5. The number of ether oxygens (including phenoxy) is 3. The average molecular weight is 531 g/mol. The standard InChI is InChI=1S/C23H28Cl2N2O6S/c1-31-20-10-9-16(11-17(20)24)34(29,30)27(15-7-5-4-6-8-15)14-23(28)26-19-13-21(32-2)18(25)12-22(19)33-3/h9-13,15H,4-8,14H2,1-3H3,(H,26,28). The van der Waals surface area contributed by atoms with Crippen molar-refractivity contribution in [3.63, 3.8) is 0 Å². The van der Waals surface area contributed by atoms with E-state index in [1.807, 2.05) is 0 Å². The zero-order chi connectivity index (χ0) is 24.9. The summed E-state index contributed by atoms with van der Waals surface area (Å²) in [6, 6.07) is 7.02. The van der Waals surface area contributed by atoms with Crippen molar-refractivity contribution in [1.29, 1.82) is 0 Å². The highest BCUT2D eigenvalue weighted by Gasteiger charge is 2.34. The van der Waals surface area contributed by atoms with Gasteiger partial charge in [0.05, 0.1) is 48.5 Å². The number of anilines is 1. The minimum Gasteiger partial charge on any atom is -0.495 e. The van der Waals surface area contributed by atoms with Crippen molar-refractivity contribution in [2.75, 3.05) is 33.2 Å². The molecule has 0 aromatic heterocycles. The highest BCUT2D eigenvalue weighted by Crippen LogP contribution is 2.36. The molecule has 0 saturated heterocycles. The first-order chi connectivity index (χ1) is 16.2. The fourth-order valence-electron chi connectivity index (χ4n) is 4.01. The summed E-state index contributed by atoms with van der Waals surface area (Å²) in [6.07, 6.45) is 4.17. The fourth-order valence-corrected chi connectivity index (χ4v) is 6.23. The number of nitrogens with one attached hydrogen (secondary N) is 1. The number of hydrogen-bond donors (Lipinski definition) is 1. The Morgan fingerprint density at radius 1 is 0.941 bits per heavy atom. The molecule has 186 valence electrons. The molecule has 1 aliphatic rings. The van der Waals surface area contributed by atoms with Crippen molar-refractivity contribution >= 4 is 44.8 Å². The van der Waals surface area contributed by atoms with Gasteiger partial charge in [-0.2, -0.15) is 4.31 Å². The van der Waals surface area contributed by atoms with Gasteiger partial charge in [0.15, 0.2) is 0 Å². The summed E-state index contributed by atoms with van der Waals surface area (Å²) in [6.45, 7) is -0.370. The highest BCUT2D eigenvalue weighted by atomic mass is 35.5. The number of benzene rings is 2. The molecule has 0 radical (unpaired) electrons. The van der Waals surface area contributed by atoms with E-state index in [1.54, 1.807) is 0 Å². The molecular formula is C23H28Cl2N2O6S. The summed E-state index contributed by atoms with van der Waals surface area (Å²) >= 11 is 12.3. The third kappa shape index (κ3) is 5.89. The number of halogens is 2. The fraction of sp³-hybridized carbons (Fsp3) is 0.435. The number of sulfonamides is 1. The molecule has 0 heterocycles. The molecule has 1 fully saturated rings. The van der Waals surface area contributed by atoms with Crippen LogP contribution in [-0.2, 0) is 14.8 Å². The third-order valence-electron chi connectivity index (χ3n) is 5.76. The van der Waals surface area contributed by atoms with Crippen LogP contribution in [0.2, 0.25) is 10.0 Å².